The summed E-state index contributed by atoms with van der Waals surface area (Å²) in [6, 6.07) is 6.73. The lowest BCUT2D eigenvalue weighted by atomic mass is 10.2. The van der Waals surface area contributed by atoms with E-state index in [2.05, 4.69) is 22.0 Å². The number of benzene rings is 1. The third kappa shape index (κ3) is 7.65. The van der Waals surface area contributed by atoms with Gasteiger partial charge in [-0.25, -0.2) is 4.39 Å². The van der Waals surface area contributed by atoms with Gasteiger partial charge in [0.2, 0.25) is 0 Å². The van der Waals surface area contributed by atoms with Crippen LogP contribution in [0.25, 0.3) is 0 Å². The molecule has 0 radical (unpaired) electrons. The van der Waals surface area contributed by atoms with Crippen molar-refractivity contribution in [1.29, 1.82) is 0 Å². The molecule has 0 aromatic heterocycles. The van der Waals surface area contributed by atoms with Crippen molar-refractivity contribution in [3.05, 3.63) is 30.1 Å². The van der Waals surface area contributed by atoms with Gasteiger partial charge in [-0.15, -0.1) is 24.0 Å². The highest BCUT2D eigenvalue weighted by atomic mass is 127. The second kappa shape index (κ2) is 12.3. The van der Waals surface area contributed by atoms with Crippen LogP contribution in [0.1, 0.15) is 27.2 Å². The van der Waals surface area contributed by atoms with Gasteiger partial charge in [-0.1, -0.05) is 0 Å². The van der Waals surface area contributed by atoms with Gasteiger partial charge in [-0.2, -0.15) is 0 Å². The number of hydrogen-bond donors (Lipinski definition) is 1. The van der Waals surface area contributed by atoms with E-state index < -0.39 is 0 Å². The molecule has 1 aliphatic heterocycles. The number of nitrogens with zero attached hydrogens (tertiary/aromatic N) is 3. The predicted molar refractivity (Wildman–Crippen MR) is 117 cm³/mol. The lowest BCUT2D eigenvalue weighted by Crippen LogP contribution is -2.52. The van der Waals surface area contributed by atoms with E-state index in [0.29, 0.717) is 0 Å². The van der Waals surface area contributed by atoms with E-state index >= 15 is 0 Å². The van der Waals surface area contributed by atoms with Crippen LogP contribution in [0, 0.1) is 5.82 Å². The summed E-state index contributed by atoms with van der Waals surface area (Å²) in [5.41, 5.74) is 1.08. The molecule has 0 saturated carbocycles. The van der Waals surface area contributed by atoms with Crippen LogP contribution >= 0.6 is 24.0 Å². The molecule has 0 amide bonds. The average molecular weight is 478 g/mol. The molecule has 1 aliphatic rings. The molecular weight excluding hydrogens is 446 g/mol. The molecular formula is C19H32FIN4O. The van der Waals surface area contributed by atoms with Gasteiger partial charge in [0.25, 0.3) is 0 Å². The molecule has 0 spiro atoms. The highest BCUT2D eigenvalue weighted by Crippen LogP contribution is 2.17. The number of anilines is 1. The van der Waals surface area contributed by atoms with Crippen LogP contribution in [0.3, 0.4) is 0 Å². The van der Waals surface area contributed by atoms with E-state index in [4.69, 9.17) is 9.73 Å². The van der Waals surface area contributed by atoms with Crippen molar-refractivity contribution in [3.8, 4) is 0 Å². The SMILES string of the molecule is CCNC(=NCCCOC(C)C)N1CCN(c2ccc(F)cc2)CC1.I. The topological polar surface area (TPSA) is 40.1 Å². The zero-order valence-electron chi connectivity index (χ0n) is 16.1. The van der Waals surface area contributed by atoms with Crippen LogP contribution in [0.4, 0.5) is 10.1 Å². The van der Waals surface area contributed by atoms with Gasteiger partial charge in [-0.05, 0) is 51.5 Å². The smallest absolute Gasteiger partial charge is 0.194 e. The summed E-state index contributed by atoms with van der Waals surface area (Å²) < 4.78 is 18.6. The molecule has 1 aromatic carbocycles. The van der Waals surface area contributed by atoms with E-state index in [1.807, 2.05) is 26.0 Å². The Kier molecular flexibility index (Phi) is 10.9. The van der Waals surface area contributed by atoms with Gasteiger partial charge >= 0.3 is 0 Å². The number of aliphatic imine (C=N–C) groups is 1. The summed E-state index contributed by atoms with van der Waals surface area (Å²) in [7, 11) is 0. The molecule has 7 heteroatoms. The maximum absolute atomic E-state index is 13.1. The lowest BCUT2D eigenvalue weighted by Gasteiger charge is -2.37. The first-order valence-corrected chi connectivity index (χ1v) is 9.25. The van der Waals surface area contributed by atoms with Gasteiger partial charge < -0.3 is 19.9 Å². The third-order valence-corrected chi connectivity index (χ3v) is 4.12. The van der Waals surface area contributed by atoms with Crippen LogP contribution < -0.4 is 10.2 Å². The Labute approximate surface area is 174 Å². The number of ether oxygens (including phenoxy) is 1. The Morgan fingerprint density at radius 1 is 1.19 bits per heavy atom. The van der Waals surface area contributed by atoms with Crippen molar-refractivity contribution in [2.45, 2.75) is 33.3 Å². The first kappa shape index (κ1) is 23.0. The minimum atomic E-state index is -0.189. The molecule has 1 aromatic rings. The zero-order chi connectivity index (χ0) is 18.1. The van der Waals surface area contributed by atoms with Crippen LogP contribution in [-0.2, 0) is 4.74 Å². The van der Waals surface area contributed by atoms with Gasteiger partial charge in [0.05, 0.1) is 6.10 Å². The van der Waals surface area contributed by atoms with Crippen LogP contribution in [0.2, 0.25) is 0 Å². The van der Waals surface area contributed by atoms with E-state index in [9.17, 15) is 4.39 Å². The molecule has 1 N–H and O–H groups in total. The number of hydrogen-bond acceptors (Lipinski definition) is 3. The first-order valence-electron chi connectivity index (χ1n) is 9.25. The zero-order valence-corrected chi connectivity index (χ0v) is 18.4. The fourth-order valence-electron chi connectivity index (χ4n) is 2.82. The summed E-state index contributed by atoms with van der Waals surface area (Å²) >= 11 is 0. The summed E-state index contributed by atoms with van der Waals surface area (Å²) in [5, 5.41) is 3.38. The number of halogens is 2. The van der Waals surface area contributed by atoms with E-state index in [0.717, 1.165) is 63.9 Å². The average Bonchev–Trinajstić information content (AvgIpc) is 2.61. The molecule has 5 nitrogen and oxygen atoms in total. The van der Waals surface area contributed by atoms with Crippen molar-refractivity contribution < 1.29 is 9.13 Å². The molecule has 0 unspecified atom stereocenters. The second-order valence-corrected chi connectivity index (χ2v) is 6.46. The Morgan fingerprint density at radius 2 is 1.85 bits per heavy atom. The maximum atomic E-state index is 13.1. The highest BCUT2D eigenvalue weighted by molar-refractivity contribution is 14.0. The standard InChI is InChI=1S/C19H31FN4O.HI/c1-4-21-19(22-10-5-15-25-16(2)3)24-13-11-23(12-14-24)18-8-6-17(20)7-9-18;/h6-9,16H,4-5,10-15H2,1-3H3,(H,21,22);1H. The molecule has 1 fully saturated rings. The monoisotopic (exact) mass is 478 g/mol. The molecule has 1 heterocycles. The van der Waals surface area contributed by atoms with Crippen LogP contribution in [0.15, 0.2) is 29.3 Å². The Morgan fingerprint density at radius 3 is 2.42 bits per heavy atom. The Balaban J connectivity index is 0.00000338. The molecule has 1 saturated heterocycles. The molecule has 0 bridgehead atoms. The highest BCUT2D eigenvalue weighted by Gasteiger charge is 2.19. The quantitative estimate of drug-likeness (QED) is 0.283. The summed E-state index contributed by atoms with van der Waals surface area (Å²) in [4.78, 5) is 9.31. The van der Waals surface area contributed by atoms with Crippen LogP contribution in [0.5, 0.6) is 0 Å². The number of guanidine groups is 1. The van der Waals surface area contributed by atoms with Crippen molar-refractivity contribution in [3.63, 3.8) is 0 Å². The second-order valence-electron chi connectivity index (χ2n) is 6.46. The number of nitrogens with one attached hydrogen (secondary N) is 1. The molecule has 26 heavy (non-hydrogen) atoms. The van der Waals surface area contributed by atoms with E-state index in [1.54, 1.807) is 0 Å². The fraction of sp³-hybridized carbons (Fsp3) is 0.632. The molecule has 2 rings (SSSR count). The van der Waals surface area contributed by atoms with E-state index in [1.165, 1.54) is 12.1 Å². The summed E-state index contributed by atoms with van der Waals surface area (Å²) in [5.74, 6) is 0.788. The first-order chi connectivity index (χ1) is 12.1. The maximum Gasteiger partial charge on any atom is 0.194 e. The van der Waals surface area contributed by atoms with Crippen molar-refractivity contribution >= 4 is 35.6 Å². The Bertz CT molecular complexity index is 531. The molecule has 0 aliphatic carbocycles. The number of rotatable bonds is 7. The van der Waals surface area contributed by atoms with Gasteiger partial charge in [-0.3, -0.25) is 4.99 Å². The Hall–Kier alpha value is -1.09. The lowest BCUT2D eigenvalue weighted by molar-refractivity contribution is 0.0782. The van der Waals surface area contributed by atoms with Gasteiger partial charge in [0.1, 0.15) is 5.82 Å². The largest absolute Gasteiger partial charge is 0.379 e. The molecule has 148 valence electrons. The minimum Gasteiger partial charge on any atom is -0.379 e. The van der Waals surface area contributed by atoms with E-state index in [-0.39, 0.29) is 35.9 Å². The molecule has 0 atom stereocenters. The normalized spacial score (nSPS) is 15.2. The van der Waals surface area contributed by atoms with Crippen molar-refractivity contribution in [2.24, 2.45) is 4.99 Å². The van der Waals surface area contributed by atoms with Crippen molar-refractivity contribution in [2.75, 3.05) is 50.8 Å². The fourth-order valence-corrected chi connectivity index (χ4v) is 2.82. The predicted octanol–water partition coefficient (Wildman–Crippen LogP) is 3.35. The van der Waals surface area contributed by atoms with Gasteiger partial charge in [0, 0.05) is 51.6 Å². The third-order valence-electron chi connectivity index (χ3n) is 4.12. The summed E-state index contributed by atoms with van der Waals surface area (Å²) in [6.45, 7) is 12.2. The summed E-state index contributed by atoms with van der Waals surface area (Å²) in [6.07, 6.45) is 1.21. The number of piperazine rings is 1. The van der Waals surface area contributed by atoms with Gasteiger partial charge in [0.15, 0.2) is 5.96 Å². The van der Waals surface area contributed by atoms with Crippen molar-refractivity contribution in [1.82, 2.24) is 10.2 Å². The minimum absolute atomic E-state index is 0. The van der Waals surface area contributed by atoms with Crippen LogP contribution in [-0.4, -0.2) is 62.8 Å².